The zero-order valence-corrected chi connectivity index (χ0v) is 13.3. The molecular formula is C19H24O2. The Balaban J connectivity index is 2.01. The molecule has 2 nitrogen and oxygen atoms in total. The summed E-state index contributed by atoms with van der Waals surface area (Å²) >= 11 is 0. The Bertz CT molecular complexity index is 577. The highest BCUT2D eigenvalue weighted by Gasteiger charge is 2.12. The third kappa shape index (κ3) is 4.33. The van der Waals surface area contributed by atoms with Crippen molar-refractivity contribution in [1.29, 1.82) is 0 Å². The quantitative estimate of drug-likeness (QED) is 0.888. The van der Waals surface area contributed by atoms with Crippen LogP contribution in [0, 0.1) is 0 Å². The van der Waals surface area contributed by atoms with Crippen LogP contribution in [-0.4, -0.2) is 5.11 Å². The summed E-state index contributed by atoms with van der Waals surface area (Å²) in [6.07, 6.45) is -0.473. The number of benzene rings is 2. The summed E-state index contributed by atoms with van der Waals surface area (Å²) in [5.74, 6) is 0.785. The van der Waals surface area contributed by atoms with E-state index >= 15 is 0 Å². The minimum atomic E-state index is -0.473. The molecule has 0 bridgehead atoms. The molecule has 0 aromatic heterocycles. The Labute approximate surface area is 127 Å². The van der Waals surface area contributed by atoms with E-state index in [2.05, 4.69) is 45.0 Å². The lowest BCUT2D eigenvalue weighted by molar-refractivity contribution is 0.198. The maximum Gasteiger partial charge on any atom is 0.120 e. The summed E-state index contributed by atoms with van der Waals surface area (Å²) in [4.78, 5) is 0. The van der Waals surface area contributed by atoms with Gasteiger partial charge in [-0.25, -0.2) is 0 Å². The van der Waals surface area contributed by atoms with Crippen molar-refractivity contribution < 1.29 is 9.84 Å². The lowest BCUT2D eigenvalue weighted by Crippen LogP contribution is -2.10. The van der Waals surface area contributed by atoms with Crippen molar-refractivity contribution in [2.24, 2.45) is 0 Å². The first-order valence-electron chi connectivity index (χ1n) is 7.36. The van der Waals surface area contributed by atoms with Gasteiger partial charge in [-0.05, 0) is 41.2 Å². The number of aliphatic hydroxyl groups is 1. The van der Waals surface area contributed by atoms with Crippen LogP contribution < -0.4 is 4.74 Å². The number of ether oxygens (including phenoxy) is 1. The van der Waals surface area contributed by atoms with Crippen LogP contribution in [0.1, 0.15) is 50.5 Å². The summed E-state index contributed by atoms with van der Waals surface area (Å²) in [6.45, 7) is 8.91. The number of aliphatic hydroxyl groups excluding tert-OH is 1. The van der Waals surface area contributed by atoms with E-state index in [-0.39, 0.29) is 5.41 Å². The summed E-state index contributed by atoms with van der Waals surface area (Å²) in [5.41, 5.74) is 3.51. The van der Waals surface area contributed by atoms with Crippen molar-refractivity contribution in [3.8, 4) is 5.75 Å². The Kier molecular flexibility index (Phi) is 4.69. The van der Waals surface area contributed by atoms with Crippen LogP contribution in [0.25, 0.3) is 0 Å². The van der Waals surface area contributed by atoms with Crippen molar-refractivity contribution >= 4 is 0 Å². The molecule has 2 rings (SSSR count). The van der Waals surface area contributed by atoms with Crippen molar-refractivity contribution in [3.05, 3.63) is 65.2 Å². The van der Waals surface area contributed by atoms with Gasteiger partial charge in [-0.3, -0.25) is 0 Å². The molecule has 0 aliphatic rings. The predicted octanol–water partition coefficient (Wildman–Crippen LogP) is 4.62. The Morgan fingerprint density at radius 2 is 1.71 bits per heavy atom. The molecule has 1 atom stereocenters. The van der Waals surface area contributed by atoms with E-state index in [0.717, 1.165) is 16.9 Å². The van der Waals surface area contributed by atoms with Gasteiger partial charge in [0.2, 0.25) is 0 Å². The average molecular weight is 284 g/mol. The molecule has 2 aromatic rings. The average Bonchev–Trinajstić information content (AvgIpc) is 2.45. The molecule has 112 valence electrons. The molecule has 2 heteroatoms. The van der Waals surface area contributed by atoms with Gasteiger partial charge in [0.05, 0.1) is 6.10 Å². The molecule has 0 heterocycles. The molecule has 0 saturated carbocycles. The van der Waals surface area contributed by atoms with Crippen molar-refractivity contribution in [3.63, 3.8) is 0 Å². The minimum absolute atomic E-state index is 0.172. The van der Waals surface area contributed by atoms with E-state index in [1.165, 1.54) is 5.56 Å². The summed E-state index contributed by atoms with van der Waals surface area (Å²) in [6, 6.07) is 16.1. The normalized spacial score (nSPS) is 13.0. The van der Waals surface area contributed by atoms with Crippen LogP contribution in [0.15, 0.2) is 48.5 Å². The van der Waals surface area contributed by atoms with E-state index in [1.54, 1.807) is 6.92 Å². The van der Waals surface area contributed by atoms with Crippen LogP contribution in [0.4, 0.5) is 0 Å². The predicted molar refractivity (Wildman–Crippen MR) is 86.5 cm³/mol. The van der Waals surface area contributed by atoms with Gasteiger partial charge >= 0.3 is 0 Å². The first-order valence-corrected chi connectivity index (χ1v) is 7.36. The summed E-state index contributed by atoms with van der Waals surface area (Å²) in [7, 11) is 0. The van der Waals surface area contributed by atoms with Gasteiger partial charge in [0, 0.05) is 0 Å². The second-order valence-electron chi connectivity index (χ2n) is 6.48. The van der Waals surface area contributed by atoms with Gasteiger partial charge in [-0.15, -0.1) is 0 Å². The lowest BCUT2D eigenvalue weighted by Gasteiger charge is -2.19. The molecule has 0 unspecified atom stereocenters. The molecule has 0 saturated heterocycles. The standard InChI is InChI=1S/C19H24O2/c1-14(20)16-6-5-7-18(12-16)21-13-15-8-10-17(11-9-15)19(2,3)4/h5-12,14,20H,13H2,1-4H3/t14-/m0/s1. The van der Waals surface area contributed by atoms with Gasteiger partial charge in [0.15, 0.2) is 0 Å². The zero-order chi connectivity index (χ0) is 15.5. The van der Waals surface area contributed by atoms with E-state index < -0.39 is 6.10 Å². The molecule has 0 fully saturated rings. The number of hydrogen-bond donors (Lipinski definition) is 1. The lowest BCUT2D eigenvalue weighted by atomic mass is 9.87. The van der Waals surface area contributed by atoms with Crippen molar-refractivity contribution in [2.75, 3.05) is 0 Å². The molecular weight excluding hydrogens is 260 g/mol. The SMILES string of the molecule is C[C@H](O)c1cccc(OCc2ccc(C(C)(C)C)cc2)c1. The summed E-state index contributed by atoms with van der Waals surface area (Å²) < 4.78 is 5.80. The molecule has 0 amide bonds. The first-order chi connectivity index (χ1) is 9.86. The van der Waals surface area contributed by atoms with Gasteiger partial charge in [-0.2, -0.15) is 0 Å². The van der Waals surface area contributed by atoms with E-state index in [4.69, 9.17) is 4.74 Å². The Morgan fingerprint density at radius 3 is 2.29 bits per heavy atom. The smallest absolute Gasteiger partial charge is 0.120 e. The van der Waals surface area contributed by atoms with Gasteiger partial charge in [-0.1, -0.05) is 57.2 Å². The number of hydrogen-bond acceptors (Lipinski definition) is 2. The highest BCUT2D eigenvalue weighted by Crippen LogP contribution is 2.23. The molecule has 0 spiro atoms. The molecule has 0 radical (unpaired) electrons. The van der Waals surface area contributed by atoms with Gasteiger partial charge < -0.3 is 9.84 Å². The third-order valence-corrected chi connectivity index (χ3v) is 3.57. The maximum absolute atomic E-state index is 9.58. The fourth-order valence-electron chi connectivity index (χ4n) is 2.13. The van der Waals surface area contributed by atoms with Crippen molar-refractivity contribution in [1.82, 2.24) is 0 Å². The largest absolute Gasteiger partial charge is 0.489 e. The zero-order valence-electron chi connectivity index (χ0n) is 13.3. The van der Waals surface area contributed by atoms with Crippen LogP contribution in [0.5, 0.6) is 5.75 Å². The Morgan fingerprint density at radius 1 is 1.05 bits per heavy atom. The van der Waals surface area contributed by atoms with Gasteiger partial charge in [0.25, 0.3) is 0 Å². The highest BCUT2D eigenvalue weighted by atomic mass is 16.5. The van der Waals surface area contributed by atoms with Crippen LogP contribution in [0.2, 0.25) is 0 Å². The van der Waals surface area contributed by atoms with E-state index in [0.29, 0.717) is 6.61 Å². The van der Waals surface area contributed by atoms with Crippen LogP contribution >= 0.6 is 0 Å². The number of rotatable bonds is 4. The fraction of sp³-hybridized carbons (Fsp3) is 0.368. The molecule has 0 aliphatic heterocycles. The van der Waals surface area contributed by atoms with Crippen LogP contribution in [0.3, 0.4) is 0 Å². The van der Waals surface area contributed by atoms with Crippen molar-refractivity contribution in [2.45, 2.75) is 45.8 Å². The molecule has 0 aliphatic carbocycles. The summed E-state index contributed by atoms with van der Waals surface area (Å²) in [5, 5.41) is 9.58. The van der Waals surface area contributed by atoms with Gasteiger partial charge in [0.1, 0.15) is 12.4 Å². The van der Waals surface area contributed by atoms with E-state index in [1.807, 2.05) is 24.3 Å². The topological polar surface area (TPSA) is 29.5 Å². The minimum Gasteiger partial charge on any atom is -0.489 e. The Hall–Kier alpha value is -1.80. The molecule has 1 N–H and O–H groups in total. The van der Waals surface area contributed by atoms with E-state index in [9.17, 15) is 5.11 Å². The highest BCUT2D eigenvalue weighted by molar-refractivity contribution is 5.31. The maximum atomic E-state index is 9.58. The fourth-order valence-corrected chi connectivity index (χ4v) is 2.13. The molecule has 21 heavy (non-hydrogen) atoms. The van der Waals surface area contributed by atoms with Crippen LogP contribution in [-0.2, 0) is 12.0 Å². The third-order valence-electron chi connectivity index (χ3n) is 3.57. The second-order valence-corrected chi connectivity index (χ2v) is 6.48. The second kappa shape index (κ2) is 6.31. The molecule has 2 aromatic carbocycles. The first kappa shape index (κ1) is 15.6. The monoisotopic (exact) mass is 284 g/mol.